The first-order valence-electron chi connectivity index (χ1n) is 9.94. The van der Waals surface area contributed by atoms with Crippen LogP contribution in [0.1, 0.15) is 15.9 Å². The SMILES string of the molecule is Cc1ccc(Cl)cc1N1CCN(c2ccc(C(=O)O)cc2NS(=O)(=O)c2cccs2)CC1. The summed E-state index contributed by atoms with van der Waals surface area (Å²) in [5.41, 5.74) is 3.14. The lowest BCUT2D eigenvalue weighted by Crippen LogP contribution is -2.47. The molecule has 1 aliphatic heterocycles. The van der Waals surface area contributed by atoms with Gasteiger partial charge in [0, 0.05) is 36.9 Å². The van der Waals surface area contributed by atoms with Crippen LogP contribution in [0.25, 0.3) is 0 Å². The van der Waals surface area contributed by atoms with Crippen molar-refractivity contribution in [1.82, 2.24) is 0 Å². The number of aromatic carboxylic acids is 1. The third-order valence-corrected chi connectivity index (χ3v) is 8.38. The second kappa shape index (κ2) is 9.01. The van der Waals surface area contributed by atoms with Crippen LogP contribution in [0.15, 0.2) is 58.1 Å². The summed E-state index contributed by atoms with van der Waals surface area (Å²) in [7, 11) is -3.81. The van der Waals surface area contributed by atoms with E-state index in [2.05, 4.69) is 14.5 Å². The van der Waals surface area contributed by atoms with Crippen molar-refractivity contribution in [3.63, 3.8) is 0 Å². The molecule has 1 saturated heterocycles. The van der Waals surface area contributed by atoms with E-state index in [1.165, 1.54) is 18.2 Å². The standard InChI is InChI=1S/C22H22ClN3O4S2/c1-15-4-6-17(23)14-20(15)26-10-8-25(9-11-26)19-7-5-16(22(27)28)13-18(19)24-32(29,30)21-3-2-12-31-21/h2-7,12-14,24H,8-11H2,1H3,(H,27,28). The van der Waals surface area contributed by atoms with E-state index >= 15 is 0 Å². The van der Waals surface area contributed by atoms with Gasteiger partial charge in [0.15, 0.2) is 0 Å². The minimum Gasteiger partial charge on any atom is -0.478 e. The fourth-order valence-electron chi connectivity index (χ4n) is 3.75. The van der Waals surface area contributed by atoms with Gasteiger partial charge in [-0.3, -0.25) is 4.72 Å². The minimum atomic E-state index is -3.81. The van der Waals surface area contributed by atoms with Gasteiger partial charge in [0.2, 0.25) is 0 Å². The number of anilines is 3. The van der Waals surface area contributed by atoms with E-state index in [0.717, 1.165) is 35.7 Å². The van der Waals surface area contributed by atoms with Crippen molar-refractivity contribution in [1.29, 1.82) is 0 Å². The summed E-state index contributed by atoms with van der Waals surface area (Å²) < 4.78 is 28.4. The van der Waals surface area contributed by atoms with E-state index in [9.17, 15) is 18.3 Å². The molecule has 0 unspecified atom stereocenters. The fourth-order valence-corrected chi connectivity index (χ4v) is 5.97. The van der Waals surface area contributed by atoms with Crippen LogP contribution in [0.2, 0.25) is 5.02 Å². The largest absolute Gasteiger partial charge is 0.478 e. The molecule has 0 atom stereocenters. The van der Waals surface area contributed by atoms with Gasteiger partial charge in [-0.25, -0.2) is 13.2 Å². The number of benzene rings is 2. The maximum Gasteiger partial charge on any atom is 0.335 e. The first-order valence-corrected chi connectivity index (χ1v) is 12.7. The Morgan fingerprint density at radius 1 is 1.03 bits per heavy atom. The van der Waals surface area contributed by atoms with Gasteiger partial charge in [-0.1, -0.05) is 23.7 Å². The highest BCUT2D eigenvalue weighted by Crippen LogP contribution is 2.32. The zero-order chi connectivity index (χ0) is 22.9. The summed E-state index contributed by atoms with van der Waals surface area (Å²) in [5.74, 6) is -1.12. The average Bonchev–Trinajstić information content (AvgIpc) is 3.31. The van der Waals surface area contributed by atoms with Crippen molar-refractivity contribution in [2.75, 3.05) is 40.7 Å². The Morgan fingerprint density at radius 3 is 2.34 bits per heavy atom. The number of carboxylic acid groups (broad SMARTS) is 1. The van der Waals surface area contributed by atoms with E-state index in [0.29, 0.717) is 23.8 Å². The molecule has 7 nitrogen and oxygen atoms in total. The van der Waals surface area contributed by atoms with Crippen LogP contribution in [-0.2, 0) is 10.0 Å². The Kier molecular flexibility index (Phi) is 6.32. The molecule has 0 aliphatic carbocycles. The second-order valence-corrected chi connectivity index (χ2v) is 10.8. The molecule has 3 aromatic rings. The topological polar surface area (TPSA) is 89.9 Å². The first kappa shape index (κ1) is 22.4. The van der Waals surface area contributed by atoms with Crippen LogP contribution >= 0.6 is 22.9 Å². The summed E-state index contributed by atoms with van der Waals surface area (Å²) in [4.78, 5) is 15.8. The molecule has 1 aliphatic rings. The summed E-state index contributed by atoms with van der Waals surface area (Å²) in [6.07, 6.45) is 0. The highest BCUT2D eigenvalue weighted by Gasteiger charge is 2.24. The molecular formula is C22H22ClN3O4S2. The number of carboxylic acids is 1. The van der Waals surface area contributed by atoms with Crippen LogP contribution < -0.4 is 14.5 Å². The molecule has 1 fully saturated rings. The van der Waals surface area contributed by atoms with E-state index in [1.807, 2.05) is 25.1 Å². The lowest BCUT2D eigenvalue weighted by Gasteiger charge is -2.38. The van der Waals surface area contributed by atoms with Crippen molar-refractivity contribution < 1.29 is 18.3 Å². The highest BCUT2D eigenvalue weighted by molar-refractivity contribution is 7.94. The number of halogens is 1. The Labute approximate surface area is 195 Å². The molecule has 0 spiro atoms. The van der Waals surface area contributed by atoms with Crippen molar-refractivity contribution in [2.45, 2.75) is 11.1 Å². The fraction of sp³-hybridized carbons (Fsp3) is 0.227. The molecule has 168 valence electrons. The van der Waals surface area contributed by atoms with Crippen LogP contribution in [0.3, 0.4) is 0 Å². The predicted octanol–water partition coefficient (Wildman–Crippen LogP) is 4.54. The van der Waals surface area contributed by atoms with Crippen molar-refractivity contribution in [3.05, 3.63) is 70.1 Å². The van der Waals surface area contributed by atoms with Gasteiger partial charge >= 0.3 is 5.97 Å². The lowest BCUT2D eigenvalue weighted by atomic mass is 10.1. The van der Waals surface area contributed by atoms with Crippen LogP contribution in [-0.4, -0.2) is 45.7 Å². The number of aryl methyl sites for hydroxylation is 1. The van der Waals surface area contributed by atoms with Gasteiger partial charge in [0.25, 0.3) is 10.0 Å². The van der Waals surface area contributed by atoms with Gasteiger partial charge in [0.1, 0.15) is 4.21 Å². The number of hydrogen-bond acceptors (Lipinski definition) is 6. The zero-order valence-electron chi connectivity index (χ0n) is 17.3. The summed E-state index contributed by atoms with van der Waals surface area (Å²) >= 11 is 7.28. The predicted molar refractivity (Wildman–Crippen MR) is 129 cm³/mol. The van der Waals surface area contributed by atoms with Crippen LogP contribution in [0, 0.1) is 6.92 Å². The molecule has 2 aromatic carbocycles. The van der Waals surface area contributed by atoms with E-state index in [-0.39, 0.29) is 15.5 Å². The van der Waals surface area contributed by atoms with Gasteiger partial charge in [0.05, 0.1) is 16.9 Å². The number of rotatable bonds is 6. The summed E-state index contributed by atoms with van der Waals surface area (Å²) in [5, 5.41) is 11.8. The van der Waals surface area contributed by atoms with Crippen LogP contribution in [0.5, 0.6) is 0 Å². The number of piperazine rings is 1. The molecule has 0 saturated carbocycles. The van der Waals surface area contributed by atoms with Gasteiger partial charge in [-0.05, 0) is 54.3 Å². The summed E-state index contributed by atoms with van der Waals surface area (Å²) in [6, 6.07) is 13.5. The number of hydrogen-bond donors (Lipinski definition) is 2. The molecule has 0 amide bonds. The third-order valence-electron chi connectivity index (χ3n) is 5.38. The van der Waals surface area contributed by atoms with Crippen molar-refractivity contribution in [3.8, 4) is 0 Å². The Hall–Kier alpha value is -2.75. The molecule has 1 aromatic heterocycles. The minimum absolute atomic E-state index is 0.0193. The number of carbonyl (C=O) groups is 1. The Morgan fingerprint density at radius 2 is 1.72 bits per heavy atom. The van der Waals surface area contributed by atoms with E-state index < -0.39 is 16.0 Å². The van der Waals surface area contributed by atoms with Crippen molar-refractivity contribution >= 4 is 56.0 Å². The molecule has 2 heterocycles. The second-order valence-electron chi connectivity index (χ2n) is 7.48. The molecule has 2 N–H and O–H groups in total. The monoisotopic (exact) mass is 491 g/mol. The lowest BCUT2D eigenvalue weighted by molar-refractivity contribution is 0.0697. The van der Waals surface area contributed by atoms with Crippen molar-refractivity contribution in [2.24, 2.45) is 0 Å². The molecule has 10 heteroatoms. The molecule has 32 heavy (non-hydrogen) atoms. The van der Waals surface area contributed by atoms with Gasteiger partial charge in [-0.2, -0.15) is 0 Å². The first-order chi connectivity index (χ1) is 15.2. The van der Waals surface area contributed by atoms with E-state index in [1.54, 1.807) is 17.5 Å². The molecule has 0 bridgehead atoms. The quantitative estimate of drug-likeness (QED) is 0.526. The third kappa shape index (κ3) is 4.69. The number of nitrogens with one attached hydrogen (secondary N) is 1. The van der Waals surface area contributed by atoms with Gasteiger partial charge in [-0.15, -0.1) is 11.3 Å². The number of nitrogens with zero attached hydrogens (tertiary/aromatic N) is 2. The Balaban J connectivity index is 1.60. The maximum absolute atomic E-state index is 12.8. The highest BCUT2D eigenvalue weighted by atomic mass is 35.5. The normalized spacial score (nSPS) is 14.4. The number of thiophene rings is 1. The van der Waals surface area contributed by atoms with E-state index in [4.69, 9.17) is 11.6 Å². The average molecular weight is 492 g/mol. The molecular weight excluding hydrogens is 470 g/mol. The molecule has 0 radical (unpaired) electrons. The maximum atomic E-state index is 12.8. The van der Waals surface area contributed by atoms with Crippen LogP contribution in [0.4, 0.5) is 17.1 Å². The zero-order valence-corrected chi connectivity index (χ0v) is 19.7. The van der Waals surface area contributed by atoms with Gasteiger partial charge < -0.3 is 14.9 Å². The Bertz CT molecular complexity index is 1240. The molecule has 4 rings (SSSR count). The smallest absolute Gasteiger partial charge is 0.335 e. The summed E-state index contributed by atoms with van der Waals surface area (Å²) in [6.45, 7) is 4.77. The number of sulfonamides is 1.